The average molecular weight is 263 g/mol. The summed E-state index contributed by atoms with van der Waals surface area (Å²) >= 11 is 0. The third-order valence-electron chi connectivity index (χ3n) is 2.92. The van der Waals surface area contributed by atoms with Crippen molar-refractivity contribution in [1.29, 1.82) is 0 Å². The molecule has 1 heterocycles. The predicted molar refractivity (Wildman–Crippen MR) is 53.2 cm³/mol. The minimum Gasteiger partial charge on any atom is -0.477 e. The van der Waals surface area contributed by atoms with Crippen LogP contribution in [0.5, 0.6) is 0 Å². The molecule has 3 nitrogen and oxygen atoms in total. The second-order valence-corrected chi connectivity index (χ2v) is 4.00. The molecule has 1 fully saturated rings. The van der Waals surface area contributed by atoms with Gasteiger partial charge in [-0.2, -0.15) is 0 Å². The van der Waals surface area contributed by atoms with Gasteiger partial charge in [0.15, 0.2) is 23.3 Å². The number of halogens is 4. The molecule has 1 aliphatic rings. The molecule has 0 amide bonds. The molecule has 1 saturated heterocycles. The first-order chi connectivity index (χ1) is 8.45. The van der Waals surface area contributed by atoms with Gasteiger partial charge in [0.2, 0.25) is 0 Å². The summed E-state index contributed by atoms with van der Waals surface area (Å²) in [6.45, 7) is 0.480. The first-order valence-electron chi connectivity index (χ1n) is 5.27. The molecule has 0 bridgehead atoms. The second-order valence-electron chi connectivity index (χ2n) is 4.00. The number of carboxylic acid groups (broad SMARTS) is 1. The van der Waals surface area contributed by atoms with E-state index >= 15 is 0 Å². The minimum atomic E-state index is -2.05. The SMILES string of the molecule is O=C(O)c1c(F)c(F)c(C2CCCN2)c(F)c1F. The summed E-state index contributed by atoms with van der Waals surface area (Å²) in [5, 5.41) is 11.2. The molecule has 18 heavy (non-hydrogen) atoms. The highest BCUT2D eigenvalue weighted by Gasteiger charge is 2.33. The van der Waals surface area contributed by atoms with E-state index in [1.165, 1.54) is 0 Å². The van der Waals surface area contributed by atoms with Gasteiger partial charge in [0.05, 0.1) is 0 Å². The highest BCUT2D eigenvalue weighted by Crippen LogP contribution is 2.32. The van der Waals surface area contributed by atoms with Crippen LogP contribution in [0, 0.1) is 23.3 Å². The molecule has 98 valence electrons. The largest absolute Gasteiger partial charge is 0.477 e. The van der Waals surface area contributed by atoms with Crippen molar-refractivity contribution in [2.75, 3.05) is 6.54 Å². The zero-order valence-electron chi connectivity index (χ0n) is 9.07. The number of carbonyl (C=O) groups is 1. The molecule has 2 rings (SSSR count). The van der Waals surface area contributed by atoms with Crippen LogP contribution in [-0.4, -0.2) is 17.6 Å². The lowest BCUT2D eigenvalue weighted by molar-refractivity contribution is 0.0683. The number of carboxylic acids is 1. The van der Waals surface area contributed by atoms with Crippen LogP contribution in [0.1, 0.15) is 34.8 Å². The topological polar surface area (TPSA) is 49.3 Å². The molecular formula is C11H9F4NO2. The van der Waals surface area contributed by atoms with Crippen molar-refractivity contribution in [3.8, 4) is 0 Å². The van der Waals surface area contributed by atoms with Crippen molar-refractivity contribution < 1.29 is 27.5 Å². The monoisotopic (exact) mass is 263 g/mol. The van der Waals surface area contributed by atoms with Gasteiger partial charge < -0.3 is 10.4 Å². The van der Waals surface area contributed by atoms with Crippen LogP contribution in [-0.2, 0) is 0 Å². The van der Waals surface area contributed by atoms with Crippen molar-refractivity contribution in [2.45, 2.75) is 18.9 Å². The Balaban J connectivity index is 2.65. The number of rotatable bonds is 2. The highest BCUT2D eigenvalue weighted by atomic mass is 19.2. The van der Waals surface area contributed by atoms with Gasteiger partial charge in [0, 0.05) is 11.6 Å². The van der Waals surface area contributed by atoms with Gasteiger partial charge in [-0.1, -0.05) is 0 Å². The molecule has 1 unspecified atom stereocenters. The van der Waals surface area contributed by atoms with Crippen LogP contribution < -0.4 is 5.32 Å². The normalized spacial score (nSPS) is 19.2. The molecular weight excluding hydrogens is 254 g/mol. The Morgan fingerprint density at radius 3 is 2.06 bits per heavy atom. The van der Waals surface area contributed by atoms with Crippen LogP contribution >= 0.6 is 0 Å². The summed E-state index contributed by atoms with van der Waals surface area (Å²) in [4.78, 5) is 10.6. The maximum atomic E-state index is 13.6. The van der Waals surface area contributed by atoms with Crippen molar-refractivity contribution >= 4 is 5.97 Å². The Kier molecular flexibility index (Phi) is 3.25. The van der Waals surface area contributed by atoms with Crippen molar-refractivity contribution in [3.05, 3.63) is 34.4 Å². The number of hydrogen-bond donors (Lipinski definition) is 2. The zero-order chi connectivity index (χ0) is 13.4. The van der Waals surface area contributed by atoms with Crippen molar-refractivity contribution in [2.24, 2.45) is 0 Å². The predicted octanol–water partition coefficient (Wildman–Crippen LogP) is 2.37. The van der Waals surface area contributed by atoms with Crippen LogP contribution in [0.2, 0.25) is 0 Å². The molecule has 0 spiro atoms. The molecule has 7 heteroatoms. The van der Waals surface area contributed by atoms with Gasteiger partial charge in [0.25, 0.3) is 0 Å². The van der Waals surface area contributed by atoms with Gasteiger partial charge in [-0.3, -0.25) is 0 Å². The van der Waals surface area contributed by atoms with E-state index in [0.717, 1.165) is 0 Å². The molecule has 1 aromatic rings. The third-order valence-corrected chi connectivity index (χ3v) is 2.92. The molecule has 2 N–H and O–H groups in total. The quantitative estimate of drug-likeness (QED) is 0.636. The lowest BCUT2D eigenvalue weighted by Gasteiger charge is -2.15. The summed E-state index contributed by atoms with van der Waals surface area (Å²) in [5.41, 5.74) is -2.38. The van der Waals surface area contributed by atoms with Gasteiger partial charge in [-0.15, -0.1) is 0 Å². The maximum Gasteiger partial charge on any atom is 0.341 e. The molecule has 1 aliphatic heterocycles. The summed E-state index contributed by atoms with van der Waals surface area (Å²) < 4.78 is 54.1. The fourth-order valence-corrected chi connectivity index (χ4v) is 2.07. The van der Waals surface area contributed by atoms with E-state index < -0.39 is 46.4 Å². The Morgan fingerprint density at radius 2 is 1.67 bits per heavy atom. The molecule has 1 aromatic carbocycles. The lowest BCUT2D eigenvalue weighted by atomic mass is 10.0. The standard InChI is InChI=1S/C11H9F4NO2/c12-7-5(4-2-1-3-16-4)8(13)10(15)6(9(7)14)11(17)18/h4,16H,1-3H2,(H,17,18). The lowest BCUT2D eigenvalue weighted by Crippen LogP contribution is -2.20. The third kappa shape index (κ3) is 1.84. The minimum absolute atomic E-state index is 0.332. The van der Waals surface area contributed by atoms with Crippen LogP contribution in [0.4, 0.5) is 17.6 Å². The fraction of sp³-hybridized carbons (Fsp3) is 0.364. The average Bonchev–Trinajstić information content (AvgIpc) is 2.80. The molecule has 0 saturated carbocycles. The summed E-state index contributed by atoms with van der Waals surface area (Å²) in [5.74, 6) is -9.08. The number of aromatic carboxylic acids is 1. The van der Waals surface area contributed by atoms with Crippen LogP contribution in [0.25, 0.3) is 0 Å². The number of benzene rings is 1. The molecule has 0 radical (unpaired) electrons. The van der Waals surface area contributed by atoms with Crippen molar-refractivity contribution in [1.82, 2.24) is 5.32 Å². The smallest absolute Gasteiger partial charge is 0.341 e. The van der Waals surface area contributed by atoms with E-state index in [1.54, 1.807) is 0 Å². The molecule has 0 aromatic heterocycles. The van der Waals surface area contributed by atoms with Crippen LogP contribution in [0.3, 0.4) is 0 Å². The van der Waals surface area contributed by atoms with E-state index in [1.807, 2.05) is 0 Å². The highest BCUT2D eigenvalue weighted by molar-refractivity contribution is 5.88. The number of hydrogen-bond acceptors (Lipinski definition) is 2. The van der Waals surface area contributed by atoms with Gasteiger partial charge >= 0.3 is 5.97 Å². The Labute approximate surface area is 99.4 Å². The molecule has 0 aliphatic carbocycles. The number of nitrogens with one attached hydrogen (secondary N) is 1. The van der Waals surface area contributed by atoms with E-state index in [4.69, 9.17) is 5.11 Å². The fourth-order valence-electron chi connectivity index (χ4n) is 2.07. The Bertz CT molecular complexity index is 483. The second kappa shape index (κ2) is 4.56. The van der Waals surface area contributed by atoms with E-state index in [9.17, 15) is 22.4 Å². The van der Waals surface area contributed by atoms with E-state index in [-0.39, 0.29) is 0 Å². The van der Waals surface area contributed by atoms with Crippen LogP contribution in [0.15, 0.2) is 0 Å². The van der Waals surface area contributed by atoms with E-state index in [0.29, 0.717) is 19.4 Å². The Morgan fingerprint density at radius 1 is 1.11 bits per heavy atom. The Hall–Kier alpha value is -1.63. The van der Waals surface area contributed by atoms with Gasteiger partial charge in [-0.05, 0) is 19.4 Å². The summed E-state index contributed by atoms with van der Waals surface area (Å²) in [6.07, 6.45) is 0.951. The first-order valence-corrected chi connectivity index (χ1v) is 5.27. The summed E-state index contributed by atoms with van der Waals surface area (Å²) in [7, 11) is 0. The van der Waals surface area contributed by atoms with Crippen molar-refractivity contribution in [3.63, 3.8) is 0 Å². The zero-order valence-corrected chi connectivity index (χ0v) is 9.07. The van der Waals surface area contributed by atoms with E-state index in [2.05, 4.69) is 5.32 Å². The van der Waals surface area contributed by atoms with Gasteiger partial charge in [0.1, 0.15) is 5.56 Å². The first kappa shape index (κ1) is 12.8. The van der Waals surface area contributed by atoms with Gasteiger partial charge in [-0.25, -0.2) is 22.4 Å². The molecule has 1 atom stereocenters. The summed E-state index contributed by atoms with van der Waals surface area (Å²) in [6, 6.07) is -0.836. The maximum absolute atomic E-state index is 13.6.